The van der Waals surface area contributed by atoms with Crippen LogP contribution in [-0.4, -0.2) is 81.3 Å². The second-order valence-corrected chi connectivity index (χ2v) is 14.4. The third-order valence-electron chi connectivity index (χ3n) is 9.63. The number of hydrogen-bond donors (Lipinski definition) is 1. The number of allylic oxidation sites excluding steroid dienone is 1. The average Bonchev–Trinajstić information content (AvgIpc) is 3.38. The van der Waals surface area contributed by atoms with Crippen LogP contribution in [0.3, 0.4) is 0 Å². The Balaban J connectivity index is 2.09. The fraction of sp³-hybridized carbons (Fsp3) is 0.788. The van der Waals surface area contributed by atoms with Crippen molar-refractivity contribution in [1.82, 2.24) is 9.80 Å². The topological polar surface area (TPSA) is 96.4 Å². The van der Waals surface area contributed by atoms with Gasteiger partial charge in [0.05, 0.1) is 30.8 Å². The zero-order chi connectivity index (χ0) is 31.0. The predicted molar refractivity (Wildman–Crippen MR) is 160 cm³/mol. The molecule has 3 rings (SSSR count). The highest BCUT2D eigenvalue weighted by molar-refractivity contribution is 5.99. The molecule has 7 atom stereocenters. The van der Waals surface area contributed by atoms with E-state index in [1.165, 1.54) is 0 Å². The number of esters is 1. The Bertz CT molecular complexity index is 1010. The van der Waals surface area contributed by atoms with Crippen LogP contribution in [0.2, 0.25) is 0 Å². The van der Waals surface area contributed by atoms with Crippen molar-refractivity contribution in [2.75, 3.05) is 19.8 Å². The first-order valence-electron chi connectivity index (χ1n) is 15.4. The highest BCUT2D eigenvalue weighted by Crippen LogP contribution is 2.66. The summed E-state index contributed by atoms with van der Waals surface area (Å²) in [7, 11) is 0. The maximum Gasteiger partial charge on any atom is 0.312 e. The number of nitrogens with zero attached hydrogens (tertiary/aromatic N) is 2. The first-order chi connectivity index (χ1) is 19.1. The van der Waals surface area contributed by atoms with Gasteiger partial charge in [0.15, 0.2) is 0 Å². The molecule has 0 aromatic carbocycles. The summed E-state index contributed by atoms with van der Waals surface area (Å²) in [6, 6.07) is -1.54. The minimum absolute atomic E-state index is 0.0584. The number of carbonyl (C=O) groups excluding carboxylic acids is 3. The molecule has 1 spiro atoms. The molecule has 1 N–H and O–H groups in total. The molecule has 3 heterocycles. The normalized spacial score (nSPS) is 31.6. The molecule has 3 unspecified atom stereocenters. The number of fused-ring (bicyclic) bond motifs is 1. The lowest BCUT2D eigenvalue weighted by atomic mass is 9.62. The fourth-order valence-electron chi connectivity index (χ4n) is 8.08. The lowest BCUT2D eigenvalue weighted by Crippen LogP contribution is -2.62. The standard InChI is InChI=1S/C33H54N2O6/c1-11-14-15-16-18-40-29(39)25-24-27(37)35(23(13-3)20-36)26(33(24)19-22(4)32(25,10)41-33)28(38)34(17-12-2)31(8,9)21-30(5,6)7/h11-12,22-26,36H,1-2,13-21H2,3-10H3/t22?,23-,24-,25-,26?,32+,33?/m0/s1. The summed E-state index contributed by atoms with van der Waals surface area (Å²) in [5, 5.41) is 10.4. The summed E-state index contributed by atoms with van der Waals surface area (Å²) in [5.74, 6) is -2.73. The molecule has 8 nitrogen and oxygen atoms in total. The van der Waals surface area contributed by atoms with Crippen LogP contribution in [0.4, 0.5) is 0 Å². The summed E-state index contributed by atoms with van der Waals surface area (Å²) in [6.45, 7) is 24.3. The quantitative estimate of drug-likeness (QED) is 0.180. The van der Waals surface area contributed by atoms with Gasteiger partial charge in [0.1, 0.15) is 17.6 Å². The smallest absolute Gasteiger partial charge is 0.312 e. The number of unbranched alkanes of at least 4 members (excludes halogenated alkanes) is 2. The van der Waals surface area contributed by atoms with Crippen molar-refractivity contribution < 1.29 is 29.0 Å². The summed E-state index contributed by atoms with van der Waals surface area (Å²) in [6.07, 6.45) is 7.62. The van der Waals surface area contributed by atoms with E-state index in [1.54, 1.807) is 11.0 Å². The van der Waals surface area contributed by atoms with Crippen LogP contribution in [0, 0.1) is 23.2 Å². The van der Waals surface area contributed by atoms with E-state index in [0.29, 0.717) is 25.8 Å². The van der Waals surface area contributed by atoms with Gasteiger partial charge < -0.3 is 24.4 Å². The van der Waals surface area contributed by atoms with Crippen LogP contribution < -0.4 is 0 Å². The van der Waals surface area contributed by atoms with E-state index in [1.807, 2.05) is 45.6 Å². The molecule has 3 saturated heterocycles. The monoisotopic (exact) mass is 574 g/mol. The summed E-state index contributed by atoms with van der Waals surface area (Å²) in [4.78, 5) is 46.3. The third-order valence-corrected chi connectivity index (χ3v) is 9.63. The number of carbonyl (C=O) groups is 3. The van der Waals surface area contributed by atoms with Crippen LogP contribution in [0.15, 0.2) is 25.3 Å². The number of aliphatic hydroxyl groups excluding tert-OH is 1. The van der Waals surface area contributed by atoms with Crippen molar-refractivity contribution in [2.24, 2.45) is 23.2 Å². The largest absolute Gasteiger partial charge is 0.465 e. The van der Waals surface area contributed by atoms with Crippen LogP contribution >= 0.6 is 0 Å². The Hall–Kier alpha value is -2.19. The molecule has 3 fully saturated rings. The Morgan fingerprint density at radius 2 is 1.88 bits per heavy atom. The maximum absolute atomic E-state index is 14.8. The zero-order valence-electron chi connectivity index (χ0n) is 26.7. The maximum atomic E-state index is 14.8. The SMILES string of the molecule is C=CCCCCOC(=O)[C@@H]1[C@H]2C(=O)N([C@@H](CC)CO)C(C(=O)N(CC=C)C(C)(C)CC(C)(C)C)C23CC(C)[C@@]1(C)O3. The number of amides is 2. The minimum Gasteiger partial charge on any atom is -0.465 e. The van der Waals surface area contributed by atoms with E-state index in [0.717, 1.165) is 19.3 Å². The van der Waals surface area contributed by atoms with Gasteiger partial charge in [0, 0.05) is 12.1 Å². The van der Waals surface area contributed by atoms with Gasteiger partial charge in [0.2, 0.25) is 11.8 Å². The van der Waals surface area contributed by atoms with Gasteiger partial charge in [-0.25, -0.2) is 0 Å². The van der Waals surface area contributed by atoms with Crippen molar-refractivity contribution in [2.45, 2.75) is 123 Å². The van der Waals surface area contributed by atoms with Crippen LogP contribution in [0.5, 0.6) is 0 Å². The molecule has 0 saturated carbocycles. The predicted octanol–water partition coefficient (Wildman–Crippen LogP) is 4.90. The van der Waals surface area contributed by atoms with Gasteiger partial charge in [-0.2, -0.15) is 0 Å². The van der Waals surface area contributed by atoms with E-state index >= 15 is 0 Å². The van der Waals surface area contributed by atoms with Gasteiger partial charge >= 0.3 is 5.97 Å². The number of likely N-dealkylation sites (tertiary alicyclic amines) is 1. The molecule has 0 radical (unpaired) electrons. The van der Waals surface area contributed by atoms with Crippen LogP contribution in [0.1, 0.15) is 93.9 Å². The van der Waals surface area contributed by atoms with Crippen LogP contribution in [-0.2, 0) is 23.9 Å². The molecule has 2 amide bonds. The third kappa shape index (κ3) is 5.88. The number of rotatable bonds is 14. The van der Waals surface area contributed by atoms with E-state index in [2.05, 4.69) is 33.9 Å². The molecule has 2 bridgehead atoms. The molecule has 3 aliphatic heterocycles. The molecule has 41 heavy (non-hydrogen) atoms. The second kappa shape index (κ2) is 12.2. The lowest BCUT2D eigenvalue weighted by molar-refractivity contribution is -0.165. The summed E-state index contributed by atoms with van der Waals surface area (Å²) in [5.41, 5.74) is -2.73. The summed E-state index contributed by atoms with van der Waals surface area (Å²) < 4.78 is 12.6. The van der Waals surface area contributed by atoms with Crippen molar-refractivity contribution in [3.63, 3.8) is 0 Å². The number of ether oxygens (including phenoxy) is 2. The van der Waals surface area contributed by atoms with Gasteiger partial charge in [-0.1, -0.05) is 46.8 Å². The highest BCUT2D eigenvalue weighted by Gasteiger charge is 2.81. The van der Waals surface area contributed by atoms with Crippen molar-refractivity contribution in [1.29, 1.82) is 0 Å². The van der Waals surface area contributed by atoms with E-state index in [-0.39, 0.29) is 36.4 Å². The Labute approximate surface area is 247 Å². The molecular formula is C33H54N2O6. The van der Waals surface area contributed by atoms with Crippen molar-refractivity contribution >= 4 is 17.8 Å². The van der Waals surface area contributed by atoms with Gasteiger partial charge in [-0.3, -0.25) is 14.4 Å². The average molecular weight is 575 g/mol. The molecular weight excluding hydrogens is 520 g/mol. The minimum atomic E-state index is -1.19. The summed E-state index contributed by atoms with van der Waals surface area (Å²) >= 11 is 0. The molecule has 232 valence electrons. The van der Waals surface area contributed by atoms with Gasteiger partial charge in [-0.05, 0) is 70.6 Å². The fourth-order valence-corrected chi connectivity index (χ4v) is 8.08. The van der Waals surface area contributed by atoms with Crippen molar-refractivity contribution in [3.8, 4) is 0 Å². The lowest BCUT2D eigenvalue weighted by Gasteiger charge is -2.46. The Morgan fingerprint density at radius 3 is 2.41 bits per heavy atom. The van der Waals surface area contributed by atoms with E-state index in [4.69, 9.17) is 9.47 Å². The van der Waals surface area contributed by atoms with Crippen molar-refractivity contribution in [3.05, 3.63) is 25.3 Å². The molecule has 8 heteroatoms. The first kappa shape index (κ1) is 33.3. The number of aliphatic hydroxyl groups is 1. The number of hydrogen-bond acceptors (Lipinski definition) is 6. The highest BCUT2D eigenvalue weighted by atomic mass is 16.6. The Kier molecular flexibility index (Phi) is 9.91. The van der Waals surface area contributed by atoms with E-state index in [9.17, 15) is 19.5 Å². The molecule has 0 aromatic rings. The molecule has 0 aromatic heterocycles. The van der Waals surface area contributed by atoms with Crippen LogP contribution in [0.25, 0.3) is 0 Å². The first-order valence-corrected chi connectivity index (χ1v) is 15.4. The molecule has 3 aliphatic rings. The zero-order valence-corrected chi connectivity index (χ0v) is 26.7. The Morgan fingerprint density at radius 1 is 1.22 bits per heavy atom. The molecule has 0 aliphatic carbocycles. The van der Waals surface area contributed by atoms with Gasteiger partial charge in [-0.15, -0.1) is 13.2 Å². The van der Waals surface area contributed by atoms with E-state index < -0.39 is 46.6 Å². The second-order valence-electron chi connectivity index (χ2n) is 14.4. The van der Waals surface area contributed by atoms with Gasteiger partial charge in [0.25, 0.3) is 0 Å².